The number of benzene rings is 1. The number of nitrogens with zero attached hydrogens (tertiary/aromatic N) is 2. The van der Waals surface area contributed by atoms with Gasteiger partial charge >= 0.3 is 0 Å². The quantitative estimate of drug-likeness (QED) is 0.411. The smallest absolute Gasteiger partial charge is 0.128 e. The van der Waals surface area contributed by atoms with E-state index in [1.165, 1.54) is 23.9 Å². The van der Waals surface area contributed by atoms with Gasteiger partial charge in [-0.25, -0.2) is 14.4 Å². The first-order valence-electron chi connectivity index (χ1n) is 5.84. The van der Waals surface area contributed by atoms with Crippen LogP contribution >= 0.6 is 23.1 Å². The molecule has 0 spiro atoms. The largest absolute Gasteiger partial charge is 0.229 e. The predicted octanol–water partition coefficient (Wildman–Crippen LogP) is 4.22. The number of thioether (sulfide) groups is 1. The molecular weight excluding hydrogens is 291 g/mol. The number of hydrogen-bond acceptors (Lipinski definition) is 4. The van der Waals surface area contributed by atoms with Crippen LogP contribution in [0.5, 0.6) is 0 Å². The molecule has 98 valence electrons. The third-order valence-electron chi connectivity index (χ3n) is 2.78. The second-order valence-electron chi connectivity index (χ2n) is 4.01. The molecule has 3 rings (SSSR count). The average molecular weight is 300 g/mol. The maximum Gasteiger partial charge on any atom is 0.128 e. The van der Waals surface area contributed by atoms with Crippen LogP contribution < -0.4 is 0 Å². The Morgan fingerprint density at radius 3 is 2.80 bits per heavy atom. The number of terminal acetylenes is 1. The van der Waals surface area contributed by atoms with Crippen molar-refractivity contribution in [2.75, 3.05) is 5.75 Å². The molecule has 0 aliphatic heterocycles. The van der Waals surface area contributed by atoms with Crippen molar-refractivity contribution in [2.24, 2.45) is 0 Å². The molecule has 0 unspecified atom stereocenters. The lowest BCUT2D eigenvalue weighted by Gasteiger charge is -2.03. The Hall–Kier alpha value is -1.90. The summed E-state index contributed by atoms with van der Waals surface area (Å²) in [5.41, 5.74) is 1.97. The molecular formula is C15H9FN2S2. The molecule has 0 fully saturated rings. The summed E-state index contributed by atoms with van der Waals surface area (Å²) in [6, 6.07) is 6.44. The zero-order chi connectivity index (χ0) is 13.9. The molecule has 2 aromatic heterocycles. The summed E-state index contributed by atoms with van der Waals surface area (Å²) in [6.45, 7) is 0. The van der Waals surface area contributed by atoms with E-state index in [4.69, 9.17) is 6.42 Å². The summed E-state index contributed by atoms with van der Waals surface area (Å²) < 4.78 is 13.0. The molecule has 0 aliphatic rings. The summed E-state index contributed by atoms with van der Waals surface area (Å²) in [6.07, 6.45) is 6.86. The third-order valence-corrected chi connectivity index (χ3v) is 4.56. The normalized spacial score (nSPS) is 10.6. The number of aromatic nitrogens is 2. The first kappa shape index (κ1) is 13.1. The highest BCUT2D eigenvalue weighted by Crippen LogP contribution is 2.37. The maximum absolute atomic E-state index is 13.0. The molecule has 3 aromatic rings. The number of hydrogen-bond donors (Lipinski definition) is 0. The van der Waals surface area contributed by atoms with E-state index in [1.54, 1.807) is 29.8 Å². The van der Waals surface area contributed by atoms with Crippen LogP contribution in [-0.2, 0) is 0 Å². The third kappa shape index (κ3) is 2.40. The summed E-state index contributed by atoms with van der Waals surface area (Å²) >= 11 is 3.06. The summed E-state index contributed by atoms with van der Waals surface area (Å²) in [5, 5.41) is 3.88. The van der Waals surface area contributed by atoms with Crippen molar-refractivity contribution in [1.82, 2.24) is 9.97 Å². The van der Waals surface area contributed by atoms with E-state index in [-0.39, 0.29) is 5.82 Å². The molecule has 0 atom stereocenters. The Labute approximate surface area is 124 Å². The summed E-state index contributed by atoms with van der Waals surface area (Å²) in [7, 11) is 0. The molecule has 2 heterocycles. The van der Waals surface area contributed by atoms with Crippen molar-refractivity contribution in [3.63, 3.8) is 0 Å². The van der Waals surface area contributed by atoms with Gasteiger partial charge in [-0.2, -0.15) is 0 Å². The highest BCUT2D eigenvalue weighted by molar-refractivity contribution is 7.99. The van der Waals surface area contributed by atoms with Gasteiger partial charge in [-0.15, -0.1) is 17.8 Å². The van der Waals surface area contributed by atoms with Crippen LogP contribution in [0, 0.1) is 18.2 Å². The van der Waals surface area contributed by atoms with E-state index >= 15 is 0 Å². The van der Waals surface area contributed by atoms with Crippen molar-refractivity contribution in [3.05, 3.63) is 41.8 Å². The Kier molecular flexibility index (Phi) is 3.68. The molecule has 0 aliphatic carbocycles. The van der Waals surface area contributed by atoms with Gasteiger partial charge in [-0.3, -0.25) is 0 Å². The number of halogens is 1. The van der Waals surface area contributed by atoms with E-state index in [0.717, 1.165) is 26.4 Å². The van der Waals surface area contributed by atoms with Gasteiger partial charge in [0.2, 0.25) is 0 Å². The van der Waals surface area contributed by atoms with Crippen LogP contribution in [0.15, 0.2) is 41.0 Å². The first-order chi connectivity index (χ1) is 9.79. The molecule has 1 aromatic carbocycles. The fourth-order valence-electron chi connectivity index (χ4n) is 1.91. The van der Waals surface area contributed by atoms with Crippen LogP contribution in [0.4, 0.5) is 4.39 Å². The Bertz CT molecular complexity index is 788. The van der Waals surface area contributed by atoms with Crippen LogP contribution in [0.2, 0.25) is 0 Å². The molecule has 0 N–H and O–H groups in total. The zero-order valence-electron chi connectivity index (χ0n) is 10.3. The molecule has 2 nitrogen and oxygen atoms in total. The van der Waals surface area contributed by atoms with E-state index in [9.17, 15) is 4.39 Å². The number of fused-ring (bicyclic) bond motifs is 1. The Balaban J connectivity index is 2.16. The highest BCUT2D eigenvalue weighted by Gasteiger charge is 2.13. The van der Waals surface area contributed by atoms with E-state index < -0.39 is 0 Å². The fourth-order valence-corrected chi connectivity index (χ4v) is 3.58. The molecule has 0 bridgehead atoms. The fraction of sp³-hybridized carbons (Fsp3) is 0.0667. The molecule has 5 heteroatoms. The van der Waals surface area contributed by atoms with E-state index in [0.29, 0.717) is 5.75 Å². The van der Waals surface area contributed by atoms with Crippen molar-refractivity contribution in [3.8, 4) is 23.5 Å². The second-order valence-corrected chi connectivity index (χ2v) is 5.83. The van der Waals surface area contributed by atoms with Gasteiger partial charge in [0.1, 0.15) is 22.0 Å². The van der Waals surface area contributed by atoms with Crippen molar-refractivity contribution >= 4 is 33.3 Å². The standard InChI is InChI=1S/C15H9FN2S2/c1-2-7-19-14-13-12(8-20-15(13)18-9-17-14)10-3-5-11(16)6-4-10/h1,3-6,8-9H,7H2. The van der Waals surface area contributed by atoms with Crippen LogP contribution in [0.1, 0.15) is 0 Å². The molecule has 20 heavy (non-hydrogen) atoms. The predicted molar refractivity (Wildman–Crippen MR) is 82.4 cm³/mol. The Morgan fingerprint density at radius 1 is 1.25 bits per heavy atom. The molecule has 0 amide bonds. The zero-order valence-corrected chi connectivity index (χ0v) is 12.0. The van der Waals surface area contributed by atoms with Crippen molar-refractivity contribution in [2.45, 2.75) is 5.03 Å². The van der Waals surface area contributed by atoms with Gasteiger partial charge in [0.25, 0.3) is 0 Å². The van der Waals surface area contributed by atoms with Gasteiger partial charge in [-0.05, 0) is 17.7 Å². The SMILES string of the molecule is C#CCSc1ncnc2scc(-c3ccc(F)cc3)c12. The van der Waals surface area contributed by atoms with E-state index in [1.807, 2.05) is 5.38 Å². The first-order valence-corrected chi connectivity index (χ1v) is 7.70. The minimum atomic E-state index is -0.244. The van der Waals surface area contributed by atoms with Crippen molar-refractivity contribution < 1.29 is 4.39 Å². The lowest BCUT2D eigenvalue weighted by Crippen LogP contribution is -1.86. The van der Waals surface area contributed by atoms with Crippen LogP contribution in [0.3, 0.4) is 0 Å². The number of rotatable bonds is 3. The van der Waals surface area contributed by atoms with Gasteiger partial charge < -0.3 is 0 Å². The van der Waals surface area contributed by atoms with Gasteiger partial charge in [-0.1, -0.05) is 29.8 Å². The monoisotopic (exact) mass is 300 g/mol. The minimum Gasteiger partial charge on any atom is -0.229 e. The minimum absolute atomic E-state index is 0.244. The topological polar surface area (TPSA) is 25.8 Å². The average Bonchev–Trinajstić information content (AvgIpc) is 2.90. The van der Waals surface area contributed by atoms with Gasteiger partial charge in [0.15, 0.2) is 0 Å². The molecule has 0 saturated carbocycles. The lowest BCUT2D eigenvalue weighted by molar-refractivity contribution is 0.628. The second kappa shape index (κ2) is 5.61. The molecule has 0 radical (unpaired) electrons. The molecule has 0 saturated heterocycles. The van der Waals surface area contributed by atoms with Crippen LogP contribution in [-0.4, -0.2) is 15.7 Å². The van der Waals surface area contributed by atoms with Crippen LogP contribution in [0.25, 0.3) is 21.3 Å². The highest BCUT2D eigenvalue weighted by atomic mass is 32.2. The lowest BCUT2D eigenvalue weighted by atomic mass is 10.1. The maximum atomic E-state index is 13.0. The van der Waals surface area contributed by atoms with Crippen molar-refractivity contribution in [1.29, 1.82) is 0 Å². The number of thiophene rings is 1. The van der Waals surface area contributed by atoms with E-state index in [2.05, 4.69) is 15.9 Å². The van der Waals surface area contributed by atoms with Gasteiger partial charge in [0, 0.05) is 10.9 Å². The Morgan fingerprint density at radius 2 is 2.05 bits per heavy atom. The summed E-state index contributed by atoms with van der Waals surface area (Å²) in [5.74, 6) is 2.91. The van der Waals surface area contributed by atoms with Gasteiger partial charge in [0.05, 0.1) is 11.1 Å². The summed E-state index contributed by atoms with van der Waals surface area (Å²) in [4.78, 5) is 9.51.